The van der Waals surface area contributed by atoms with Gasteiger partial charge in [-0.25, -0.2) is 5.01 Å². The van der Waals surface area contributed by atoms with E-state index in [9.17, 15) is 4.79 Å². The molecular weight excluding hydrogens is 287 g/mol. The van der Waals surface area contributed by atoms with E-state index in [0.717, 1.165) is 13.0 Å². The van der Waals surface area contributed by atoms with Gasteiger partial charge in [0.15, 0.2) is 0 Å². The Bertz CT molecular complexity index is 441. The Kier molecular flexibility index (Phi) is 6.08. The van der Waals surface area contributed by atoms with Gasteiger partial charge in [0.25, 0.3) is 5.91 Å². The average molecular weight is 303 g/mol. The van der Waals surface area contributed by atoms with Gasteiger partial charge in [0.05, 0.1) is 0 Å². The molecule has 1 heterocycles. The minimum Gasteiger partial charge on any atom is -0.292 e. The minimum atomic E-state index is -0.297. The van der Waals surface area contributed by atoms with Crippen molar-refractivity contribution in [1.29, 1.82) is 5.41 Å². The normalized spacial score (nSPS) is 18.5. The van der Waals surface area contributed by atoms with Crippen molar-refractivity contribution in [3.63, 3.8) is 0 Å². The van der Waals surface area contributed by atoms with Crippen molar-refractivity contribution in [2.45, 2.75) is 11.8 Å². The van der Waals surface area contributed by atoms with E-state index in [0.29, 0.717) is 12.1 Å². The first kappa shape index (κ1) is 15.8. The molecule has 0 radical (unpaired) electrons. The SMILES string of the molecule is Cl.N=C(NC(=O)c1ccccc1)NN1CCC(Cl)C1. The molecule has 0 aromatic heterocycles. The van der Waals surface area contributed by atoms with E-state index >= 15 is 0 Å². The molecule has 0 spiro atoms. The summed E-state index contributed by atoms with van der Waals surface area (Å²) in [7, 11) is 0. The first-order chi connectivity index (χ1) is 8.65. The molecular formula is C12H16Cl2N4O. The molecule has 104 valence electrons. The Balaban J connectivity index is 0.00000180. The summed E-state index contributed by atoms with van der Waals surface area (Å²) >= 11 is 5.95. The molecule has 3 N–H and O–H groups in total. The second-order valence-corrected chi connectivity index (χ2v) is 4.76. The van der Waals surface area contributed by atoms with Crippen LogP contribution in [0.15, 0.2) is 30.3 Å². The van der Waals surface area contributed by atoms with E-state index in [1.165, 1.54) is 0 Å². The van der Waals surface area contributed by atoms with Crippen LogP contribution in [0.3, 0.4) is 0 Å². The third kappa shape index (κ3) is 4.70. The molecule has 5 nitrogen and oxygen atoms in total. The van der Waals surface area contributed by atoms with Gasteiger partial charge in [0, 0.05) is 24.0 Å². The molecule has 1 aliphatic rings. The maximum absolute atomic E-state index is 11.8. The molecule has 1 aliphatic heterocycles. The molecule has 7 heteroatoms. The standard InChI is InChI=1S/C12H15ClN4O.ClH/c13-10-6-7-17(8-10)16-12(14)15-11(18)9-4-2-1-3-5-9;/h1-5,10H,6-8H2,(H3,14,15,16,18);1H. The van der Waals surface area contributed by atoms with E-state index < -0.39 is 0 Å². The number of carbonyl (C=O) groups is 1. The third-order valence-electron chi connectivity index (χ3n) is 2.68. The molecule has 1 atom stereocenters. The second-order valence-electron chi connectivity index (χ2n) is 4.14. The summed E-state index contributed by atoms with van der Waals surface area (Å²) < 4.78 is 0. The van der Waals surface area contributed by atoms with Gasteiger partial charge in [-0.1, -0.05) is 18.2 Å². The Hall–Kier alpha value is -1.30. The number of hydrogen-bond acceptors (Lipinski definition) is 3. The molecule has 1 aromatic carbocycles. The number of nitrogens with zero attached hydrogens (tertiary/aromatic N) is 1. The van der Waals surface area contributed by atoms with Crippen molar-refractivity contribution in [1.82, 2.24) is 15.8 Å². The number of alkyl halides is 1. The Labute approximate surface area is 123 Å². The van der Waals surface area contributed by atoms with Crippen LogP contribution < -0.4 is 10.7 Å². The van der Waals surface area contributed by atoms with Crippen LogP contribution in [0.5, 0.6) is 0 Å². The van der Waals surface area contributed by atoms with Crippen molar-refractivity contribution in [3.8, 4) is 0 Å². The number of benzene rings is 1. The molecule has 19 heavy (non-hydrogen) atoms. The Morgan fingerprint density at radius 1 is 1.37 bits per heavy atom. The summed E-state index contributed by atoms with van der Waals surface area (Å²) in [6, 6.07) is 8.81. The Morgan fingerprint density at radius 3 is 2.63 bits per heavy atom. The first-order valence-electron chi connectivity index (χ1n) is 5.76. The maximum Gasteiger partial charge on any atom is 0.257 e. The summed E-state index contributed by atoms with van der Waals surface area (Å²) in [6.07, 6.45) is 0.883. The van der Waals surface area contributed by atoms with Crippen LogP contribution in [0.1, 0.15) is 16.8 Å². The van der Waals surface area contributed by atoms with E-state index in [-0.39, 0.29) is 29.7 Å². The van der Waals surface area contributed by atoms with Crippen molar-refractivity contribution in [3.05, 3.63) is 35.9 Å². The van der Waals surface area contributed by atoms with E-state index in [1.54, 1.807) is 24.3 Å². The molecule has 1 amide bonds. The molecule has 1 unspecified atom stereocenters. The highest BCUT2D eigenvalue weighted by Gasteiger charge is 2.21. The van der Waals surface area contributed by atoms with Gasteiger partial charge >= 0.3 is 0 Å². The van der Waals surface area contributed by atoms with Gasteiger partial charge in [-0.05, 0) is 18.6 Å². The van der Waals surface area contributed by atoms with Crippen LogP contribution in [0.2, 0.25) is 0 Å². The zero-order chi connectivity index (χ0) is 13.0. The van der Waals surface area contributed by atoms with Gasteiger partial charge < -0.3 is 0 Å². The van der Waals surface area contributed by atoms with Crippen LogP contribution >= 0.6 is 24.0 Å². The number of amides is 1. The fourth-order valence-electron chi connectivity index (χ4n) is 1.78. The predicted molar refractivity (Wildman–Crippen MR) is 77.8 cm³/mol. The molecule has 0 aliphatic carbocycles. The van der Waals surface area contributed by atoms with E-state index in [1.807, 2.05) is 11.1 Å². The number of nitrogens with one attached hydrogen (secondary N) is 3. The summed E-state index contributed by atoms with van der Waals surface area (Å²) in [5.74, 6) is -0.329. The zero-order valence-corrected chi connectivity index (χ0v) is 11.8. The lowest BCUT2D eigenvalue weighted by Crippen LogP contribution is -2.48. The molecule has 1 aromatic rings. The lowest BCUT2D eigenvalue weighted by atomic mass is 10.2. The monoisotopic (exact) mass is 302 g/mol. The number of hydrazine groups is 1. The fourth-order valence-corrected chi connectivity index (χ4v) is 2.04. The van der Waals surface area contributed by atoms with Gasteiger partial charge in [0.2, 0.25) is 5.96 Å². The minimum absolute atomic E-state index is 0. The van der Waals surface area contributed by atoms with Crippen LogP contribution in [-0.2, 0) is 0 Å². The van der Waals surface area contributed by atoms with Gasteiger partial charge in [-0.15, -0.1) is 24.0 Å². The van der Waals surface area contributed by atoms with Crippen molar-refractivity contribution < 1.29 is 4.79 Å². The Morgan fingerprint density at radius 2 is 2.05 bits per heavy atom. The predicted octanol–water partition coefficient (Wildman–Crippen LogP) is 1.59. The van der Waals surface area contributed by atoms with Crippen LogP contribution in [0.4, 0.5) is 0 Å². The lowest BCUT2D eigenvalue weighted by Gasteiger charge is -2.18. The van der Waals surface area contributed by atoms with Crippen LogP contribution in [0, 0.1) is 5.41 Å². The molecule has 0 bridgehead atoms. The molecule has 1 fully saturated rings. The maximum atomic E-state index is 11.8. The van der Waals surface area contributed by atoms with Crippen LogP contribution in [-0.4, -0.2) is 35.3 Å². The number of carbonyl (C=O) groups excluding carboxylic acids is 1. The summed E-state index contributed by atoms with van der Waals surface area (Å²) in [5, 5.41) is 12.1. The summed E-state index contributed by atoms with van der Waals surface area (Å²) in [6.45, 7) is 1.45. The highest BCUT2D eigenvalue weighted by atomic mass is 35.5. The molecule has 2 rings (SSSR count). The molecule has 1 saturated heterocycles. The van der Waals surface area contributed by atoms with Gasteiger partial charge in [-0.3, -0.25) is 20.9 Å². The smallest absolute Gasteiger partial charge is 0.257 e. The van der Waals surface area contributed by atoms with E-state index in [4.69, 9.17) is 17.0 Å². The average Bonchev–Trinajstić information content (AvgIpc) is 2.75. The zero-order valence-electron chi connectivity index (χ0n) is 10.2. The highest BCUT2D eigenvalue weighted by molar-refractivity contribution is 6.21. The molecule has 0 saturated carbocycles. The first-order valence-corrected chi connectivity index (χ1v) is 6.19. The van der Waals surface area contributed by atoms with Crippen molar-refractivity contribution in [2.24, 2.45) is 0 Å². The number of guanidine groups is 1. The van der Waals surface area contributed by atoms with Gasteiger partial charge in [0.1, 0.15) is 0 Å². The number of hydrogen-bond donors (Lipinski definition) is 3. The summed E-state index contributed by atoms with van der Waals surface area (Å²) in [5.41, 5.74) is 3.34. The fraction of sp³-hybridized carbons (Fsp3) is 0.333. The second kappa shape index (κ2) is 7.33. The number of rotatable bonds is 2. The largest absolute Gasteiger partial charge is 0.292 e. The van der Waals surface area contributed by atoms with Gasteiger partial charge in [-0.2, -0.15) is 0 Å². The summed E-state index contributed by atoms with van der Waals surface area (Å²) in [4.78, 5) is 11.8. The van der Waals surface area contributed by atoms with Crippen molar-refractivity contribution in [2.75, 3.05) is 13.1 Å². The number of halogens is 2. The van der Waals surface area contributed by atoms with E-state index in [2.05, 4.69) is 10.7 Å². The quantitative estimate of drug-likeness (QED) is 0.441. The topological polar surface area (TPSA) is 68.2 Å². The van der Waals surface area contributed by atoms with Crippen LogP contribution in [0.25, 0.3) is 0 Å². The lowest BCUT2D eigenvalue weighted by molar-refractivity contribution is 0.0973. The van der Waals surface area contributed by atoms with Crippen molar-refractivity contribution >= 4 is 35.9 Å². The highest BCUT2D eigenvalue weighted by Crippen LogP contribution is 2.11. The third-order valence-corrected chi connectivity index (χ3v) is 3.03.